The van der Waals surface area contributed by atoms with E-state index in [-0.39, 0.29) is 43.1 Å². The van der Waals surface area contributed by atoms with Crippen molar-refractivity contribution < 1.29 is 23.9 Å². The van der Waals surface area contributed by atoms with E-state index in [0.29, 0.717) is 6.61 Å². The Labute approximate surface area is 152 Å². The number of nitro groups is 1. The molecule has 146 valence electrons. The summed E-state index contributed by atoms with van der Waals surface area (Å²) < 4.78 is 17.5. The Balaban J connectivity index is 2.27. The van der Waals surface area contributed by atoms with Crippen LogP contribution < -0.4 is 0 Å². The maximum atomic E-state index is 12.3. The highest BCUT2D eigenvalue weighted by Crippen LogP contribution is 2.33. The van der Waals surface area contributed by atoms with Crippen molar-refractivity contribution in [2.75, 3.05) is 19.8 Å². The fraction of sp³-hybridized carbons (Fsp3) is 0.765. The van der Waals surface area contributed by atoms with Crippen molar-refractivity contribution in [2.45, 2.75) is 65.2 Å². The third kappa shape index (κ3) is 4.79. The Morgan fingerprint density at radius 3 is 2.69 bits per heavy atom. The number of hydrogen-bond acceptors (Lipinski definition) is 7. The molecule has 0 unspecified atom stereocenters. The molecule has 0 aromatic carbocycles. The summed E-state index contributed by atoms with van der Waals surface area (Å²) in [4.78, 5) is 23.4. The summed E-state index contributed by atoms with van der Waals surface area (Å²) >= 11 is 0. The quantitative estimate of drug-likeness (QED) is 0.413. The lowest BCUT2D eigenvalue weighted by Crippen LogP contribution is -2.25. The molecule has 1 aromatic heterocycles. The summed E-state index contributed by atoms with van der Waals surface area (Å²) in [6.45, 7) is 8.32. The molecule has 9 nitrogen and oxygen atoms in total. The second kappa shape index (κ2) is 8.59. The van der Waals surface area contributed by atoms with Gasteiger partial charge in [-0.15, -0.1) is 0 Å². The lowest BCUT2D eigenvalue weighted by atomic mass is 9.91. The Hall–Kier alpha value is -2.00. The lowest BCUT2D eigenvalue weighted by Gasteiger charge is -2.22. The fourth-order valence-corrected chi connectivity index (χ4v) is 2.81. The van der Waals surface area contributed by atoms with Crippen molar-refractivity contribution in [1.82, 2.24) is 9.78 Å². The highest BCUT2D eigenvalue weighted by Gasteiger charge is 2.38. The molecular weight excluding hydrogens is 342 g/mol. The zero-order valence-electron chi connectivity index (χ0n) is 15.8. The maximum absolute atomic E-state index is 12.3. The van der Waals surface area contributed by atoms with E-state index in [1.54, 1.807) is 6.92 Å². The van der Waals surface area contributed by atoms with Crippen LogP contribution in [0.3, 0.4) is 0 Å². The molecule has 1 atom stereocenters. The third-order valence-electron chi connectivity index (χ3n) is 4.03. The van der Waals surface area contributed by atoms with E-state index in [1.165, 1.54) is 4.68 Å². The predicted octanol–water partition coefficient (Wildman–Crippen LogP) is 2.81. The zero-order valence-corrected chi connectivity index (χ0v) is 15.8. The highest BCUT2D eigenvalue weighted by molar-refractivity contribution is 5.92. The van der Waals surface area contributed by atoms with Crippen LogP contribution in [0.4, 0.5) is 5.69 Å². The first kappa shape index (κ1) is 20.3. The molecule has 0 saturated carbocycles. The number of carbonyl (C=O) groups is 1. The van der Waals surface area contributed by atoms with Crippen LogP contribution in [0.25, 0.3) is 0 Å². The van der Waals surface area contributed by atoms with Gasteiger partial charge in [0.15, 0.2) is 6.29 Å². The molecule has 2 rings (SSSR count). The number of aromatic nitrogens is 2. The van der Waals surface area contributed by atoms with Crippen molar-refractivity contribution in [2.24, 2.45) is 0 Å². The second-order valence-corrected chi connectivity index (χ2v) is 7.16. The number of rotatable bonds is 7. The number of esters is 1. The van der Waals surface area contributed by atoms with E-state index in [0.717, 1.165) is 19.3 Å². The van der Waals surface area contributed by atoms with Crippen LogP contribution in [0.1, 0.15) is 63.1 Å². The summed E-state index contributed by atoms with van der Waals surface area (Å²) in [5.41, 5.74) is -0.790. The largest absolute Gasteiger partial charge is 0.461 e. The van der Waals surface area contributed by atoms with Crippen molar-refractivity contribution in [3.63, 3.8) is 0 Å². The van der Waals surface area contributed by atoms with Gasteiger partial charge >= 0.3 is 11.7 Å². The topological polar surface area (TPSA) is 106 Å². The minimum atomic E-state index is -0.754. The first-order chi connectivity index (χ1) is 12.3. The molecule has 1 aliphatic rings. The van der Waals surface area contributed by atoms with Gasteiger partial charge in [-0.3, -0.25) is 10.1 Å². The van der Waals surface area contributed by atoms with Crippen LogP contribution in [0, 0.1) is 10.1 Å². The van der Waals surface area contributed by atoms with Gasteiger partial charge in [-0.25, -0.2) is 9.48 Å². The Bertz CT molecular complexity index is 644. The van der Waals surface area contributed by atoms with Gasteiger partial charge in [0.2, 0.25) is 5.69 Å². The monoisotopic (exact) mass is 369 g/mol. The van der Waals surface area contributed by atoms with E-state index in [2.05, 4.69) is 5.10 Å². The van der Waals surface area contributed by atoms with Crippen LogP contribution in [0.15, 0.2) is 0 Å². The molecule has 1 saturated heterocycles. The minimum absolute atomic E-state index is 0.123. The zero-order chi connectivity index (χ0) is 19.3. The van der Waals surface area contributed by atoms with Crippen LogP contribution >= 0.6 is 0 Å². The van der Waals surface area contributed by atoms with Gasteiger partial charge < -0.3 is 14.2 Å². The van der Waals surface area contributed by atoms with Crippen molar-refractivity contribution in [3.8, 4) is 0 Å². The van der Waals surface area contributed by atoms with Crippen molar-refractivity contribution in [3.05, 3.63) is 21.5 Å². The van der Waals surface area contributed by atoms with Crippen LogP contribution in [0.5, 0.6) is 0 Å². The van der Waals surface area contributed by atoms with Crippen molar-refractivity contribution in [1.29, 1.82) is 0 Å². The average Bonchev–Trinajstić information content (AvgIpc) is 2.96. The van der Waals surface area contributed by atoms with Crippen LogP contribution in [0.2, 0.25) is 0 Å². The molecule has 2 heterocycles. The van der Waals surface area contributed by atoms with Crippen molar-refractivity contribution >= 4 is 11.7 Å². The normalized spacial score (nSPS) is 17.9. The number of carbonyl (C=O) groups excluding carboxylic acids is 1. The average molecular weight is 369 g/mol. The van der Waals surface area contributed by atoms with Gasteiger partial charge in [-0.1, -0.05) is 20.8 Å². The molecule has 26 heavy (non-hydrogen) atoms. The summed E-state index contributed by atoms with van der Waals surface area (Å²) in [5.74, 6) is -0.754. The molecular formula is C17H27N3O6. The van der Waals surface area contributed by atoms with Gasteiger partial charge in [0.1, 0.15) is 5.69 Å². The molecule has 0 radical (unpaired) electrons. The minimum Gasteiger partial charge on any atom is -0.461 e. The molecule has 1 fully saturated rings. The number of hydrogen-bond donors (Lipinski definition) is 0. The smallest absolute Gasteiger partial charge is 0.363 e. The Morgan fingerprint density at radius 1 is 1.42 bits per heavy atom. The second-order valence-electron chi connectivity index (χ2n) is 7.16. The lowest BCUT2D eigenvalue weighted by molar-refractivity contribution is -0.386. The molecule has 0 bridgehead atoms. The number of nitrogens with zero attached hydrogens (tertiary/aromatic N) is 3. The molecule has 1 aliphatic heterocycles. The molecule has 0 amide bonds. The van der Waals surface area contributed by atoms with Gasteiger partial charge in [-0.2, -0.15) is 5.10 Å². The molecule has 1 aromatic rings. The predicted molar refractivity (Wildman–Crippen MR) is 93.1 cm³/mol. The van der Waals surface area contributed by atoms with E-state index in [9.17, 15) is 14.9 Å². The standard InChI is InChI=1S/C17H27N3O6/c1-5-24-16(21)14-13(20(22)23)15(17(2,3)4)18-19(14)9-11-26-12-8-6-7-10-25-12/h12H,5-11H2,1-4H3/t12-/m0/s1. The van der Waals surface area contributed by atoms with Gasteiger partial charge in [0.25, 0.3) is 0 Å². The van der Waals surface area contributed by atoms with Crippen LogP contribution in [-0.4, -0.2) is 46.8 Å². The Morgan fingerprint density at radius 2 is 2.15 bits per heavy atom. The molecule has 0 N–H and O–H groups in total. The van der Waals surface area contributed by atoms with E-state index >= 15 is 0 Å². The third-order valence-corrected chi connectivity index (χ3v) is 4.03. The van der Waals surface area contributed by atoms with Crippen LogP contribution in [-0.2, 0) is 26.2 Å². The van der Waals surface area contributed by atoms with E-state index < -0.39 is 16.3 Å². The van der Waals surface area contributed by atoms with Gasteiger partial charge in [0, 0.05) is 12.0 Å². The fourth-order valence-electron chi connectivity index (χ4n) is 2.81. The highest BCUT2D eigenvalue weighted by atomic mass is 16.7. The summed E-state index contributed by atoms with van der Waals surface area (Å²) in [6, 6.07) is 0. The molecule has 0 spiro atoms. The van der Waals surface area contributed by atoms with Gasteiger partial charge in [0.05, 0.1) is 24.7 Å². The summed E-state index contributed by atoms with van der Waals surface area (Å²) in [6.07, 6.45) is 2.60. The molecule has 9 heteroatoms. The molecule has 0 aliphatic carbocycles. The van der Waals surface area contributed by atoms with E-state index in [4.69, 9.17) is 14.2 Å². The Kier molecular flexibility index (Phi) is 6.71. The SMILES string of the molecule is CCOC(=O)c1c([N+](=O)[O-])c(C(C)(C)C)nn1CCO[C@H]1CCCCO1. The number of ether oxygens (including phenoxy) is 3. The van der Waals surface area contributed by atoms with E-state index in [1.807, 2.05) is 20.8 Å². The summed E-state index contributed by atoms with van der Waals surface area (Å²) in [7, 11) is 0. The first-order valence-corrected chi connectivity index (χ1v) is 8.91. The first-order valence-electron chi connectivity index (χ1n) is 8.91. The summed E-state index contributed by atoms with van der Waals surface area (Å²) in [5, 5.41) is 16.0. The maximum Gasteiger partial charge on any atom is 0.363 e. The van der Waals surface area contributed by atoms with Gasteiger partial charge in [-0.05, 0) is 26.2 Å².